The summed E-state index contributed by atoms with van der Waals surface area (Å²) in [5.41, 5.74) is 2.79. The van der Waals surface area contributed by atoms with Crippen molar-refractivity contribution in [1.29, 1.82) is 0 Å². The van der Waals surface area contributed by atoms with Crippen LogP contribution in [0.15, 0.2) is 16.6 Å². The van der Waals surface area contributed by atoms with Crippen LogP contribution in [0.5, 0.6) is 0 Å². The van der Waals surface area contributed by atoms with Crippen LogP contribution in [0.2, 0.25) is 0 Å². The first-order valence-corrected chi connectivity index (χ1v) is 7.37. The van der Waals surface area contributed by atoms with Crippen molar-refractivity contribution < 1.29 is 9.53 Å². The zero-order valence-corrected chi connectivity index (χ0v) is 13.4. The lowest BCUT2D eigenvalue weighted by atomic mass is 9.98. The van der Waals surface area contributed by atoms with Gasteiger partial charge in [-0.3, -0.25) is 0 Å². The second-order valence-electron chi connectivity index (χ2n) is 4.29. The SMILES string of the molecule is COC(=O)c1ccc(CC(C)C)c(Br)c1CBr. The fourth-order valence-corrected chi connectivity index (χ4v) is 3.31. The van der Waals surface area contributed by atoms with Crippen LogP contribution >= 0.6 is 31.9 Å². The number of alkyl halides is 1. The van der Waals surface area contributed by atoms with Gasteiger partial charge in [-0.25, -0.2) is 4.79 Å². The third-order valence-corrected chi connectivity index (χ3v) is 4.04. The van der Waals surface area contributed by atoms with Gasteiger partial charge in [0, 0.05) is 9.80 Å². The number of halogens is 2. The molecule has 1 aromatic carbocycles. The van der Waals surface area contributed by atoms with Crippen LogP contribution in [0.4, 0.5) is 0 Å². The number of carbonyl (C=O) groups excluding carboxylic acids is 1. The molecule has 0 unspecified atom stereocenters. The number of hydrogen-bond donors (Lipinski definition) is 0. The summed E-state index contributed by atoms with van der Waals surface area (Å²) < 4.78 is 5.78. The molecule has 0 spiro atoms. The van der Waals surface area contributed by atoms with Crippen LogP contribution in [0, 0.1) is 5.92 Å². The summed E-state index contributed by atoms with van der Waals surface area (Å²) >= 11 is 7.00. The van der Waals surface area contributed by atoms with E-state index in [4.69, 9.17) is 4.74 Å². The number of benzene rings is 1. The standard InChI is InChI=1S/C13H16Br2O2/c1-8(2)6-9-4-5-10(13(16)17-3)11(7-14)12(9)15/h4-5,8H,6-7H2,1-3H3. The second kappa shape index (κ2) is 6.55. The Morgan fingerprint density at radius 2 is 2.06 bits per heavy atom. The van der Waals surface area contributed by atoms with E-state index in [1.165, 1.54) is 12.7 Å². The van der Waals surface area contributed by atoms with Crippen LogP contribution < -0.4 is 0 Å². The average Bonchev–Trinajstić information content (AvgIpc) is 2.30. The van der Waals surface area contributed by atoms with Crippen molar-refractivity contribution in [2.45, 2.75) is 25.6 Å². The largest absolute Gasteiger partial charge is 0.465 e. The molecule has 1 rings (SSSR count). The molecule has 94 valence electrons. The normalized spacial score (nSPS) is 10.7. The summed E-state index contributed by atoms with van der Waals surface area (Å²) in [6.07, 6.45) is 0.988. The lowest BCUT2D eigenvalue weighted by molar-refractivity contribution is 0.0599. The van der Waals surface area contributed by atoms with Gasteiger partial charge in [-0.05, 0) is 29.5 Å². The van der Waals surface area contributed by atoms with Crippen LogP contribution in [0.3, 0.4) is 0 Å². The summed E-state index contributed by atoms with van der Waals surface area (Å²) in [6, 6.07) is 3.83. The van der Waals surface area contributed by atoms with E-state index in [1.54, 1.807) is 0 Å². The number of methoxy groups -OCH3 is 1. The molecule has 2 nitrogen and oxygen atoms in total. The molecule has 0 aliphatic rings. The van der Waals surface area contributed by atoms with Gasteiger partial charge in [-0.2, -0.15) is 0 Å². The summed E-state index contributed by atoms with van der Waals surface area (Å²) in [6.45, 7) is 4.35. The van der Waals surface area contributed by atoms with E-state index in [9.17, 15) is 4.79 Å². The maximum absolute atomic E-state index is 11.6. The summed E-state index contributed by atoms with van der Waals surface area (Å²) in [4.78, 5) is 11.6. The molecule has 0 aromatic heterocycles. The highest BCUT2D eigenvalue weighted by atomic mass is 79.9. The Morgan fingerprint density at radius 3 is 2.53 bits per heavy atom. The summed E-state index contributed by atoms with van der Waals surface area (Å²) in [5, 5.41) is 0.629. The Morgan fingerprint density at radius 1 is 1.41 bits per heavy atom. The highest BCUT2D eigenvalue weighted by Crippen LogP contribution is 2.29. The van der Waals surface area contributed by atoms with Gasteiger partial charge in [0.15, 0.2) is 0 Å². The van der Waals surface area contributed by atoms with Crippen molar-refractivity contribution in [3.05, 3.63) is 33.3 Å². The fourth-order valence-electron chi connectivity index (χ4n) is 1.70. The van der Waals surface area contributed by atoms with Gasteiger partial charge < -0.3 is 4.74 Å². The minimum Gasteiger partial charge on any atom is -0.465 e. The predicted octanol–water partition coefficient (Wildman–Crippen LogP) is 4.33. The van der Waals surface area contributed by atoms with Crippen LogP contribution in [0.1, 0.15) is 35.3 Å². The van der Waals surface area contributed by atoms with Crippen LogP contribution in [-0.2, 0) is 16.5 Å². The van der Waals surface area contributed by atoms with Gasteiger partial charge >= 0.3 is 5.97 Å². The quantitative estimate of drug-likeness (QED) is 0.587. The highest BCUT2D eigenvalue weighted by molar-refractivity contribution is 9.10. The number of esters is 1. The average molecular weight is 364 g/mol. The molecular weight excluding hydrogens is 348 g/mol. The van der Waals surface area contributed by atoms with Gasteiger partial charge in [0.25, 0.3) is 0 Å². The molecule has 0 N–H and O–H groups in total. The number of ether oxygens (including phenoxy) is 1. The molecule has 0 radical (unpaired) electrons. The van der Waals surface area contributed by atoms with Gasteiger partial charge in [0.2, 0.25) is 0 Å². The Kier molecular flexibility index (Phi) is 5.67. The number of hydrogen-bond acceptors (Lipinski definition) is 2. The monoisotopic (exact) mass is 362 g/mol. The zero-order chi connectivity index (χ0) is 13.0. The number of rotatable bonds is 4. The van der Waals surface area contributed by atoms with Crippen LogP contribution in [-0.4, -0.2) is 13.1 Å². The first-order valence-electron chi connectivity index (χ1n) is 5.45. The maximum Gasteiger partial charge on any atom is 0.338 e. The molecule has 0 fully saturated rings. The van der Waals surface area contributed by atoms with Gasteiger partial charge in [0.05, 0.1) is 12.7 Å². The smallest absolute Gasteiger partial charge is 0.338 e. The lowest BCUT2D eigenvalue weighted by Crippen LogP contribution is -2.07. The Hall–Kier alpha value is -0.350. The maximum atomic E-state index is 11.6. The third-order valence-electron chi connectivity index (χ3n) is 2.49. The minimum atomic E-state index is -0.295. The van der Waals surface area contributed by atoms with E-state index in [0.29, 0.717) is 16.8 Å². The van der Waals surface area contributed by atoms with Gasteiger partial charge in [-0.1, -0.05) is 51.8 Å². The molecule has 0 heterocycles. The van der Waals surface area contributed by atoms with Crippen molar-refractivity contribution >= 4 is 37.8 Å². The van der Waals surface area contributed by atoms with Gasteiger partial charge in [-0.15, -0.1) is 0 Å². The molecule has 0 aliphatic carbocycles. The molecule has 0 aliphatic heterocycles. The Balaban J connectivity index is 3.22. The zero-order valence-electron chi connectivity index (χ0n) is 10.2. The molecule has 4 heteroatoms. The fraction of sp³-hybridized carbons (Fsp3) is 0.462. The molecular formula is C13H16Br2O2. The molecule has 17 heavy (non-hydrogen) atoms. The van der Waals surface area contributed by atoms with E-state index >= 15 is 0 Å². The Bertz CT molecular complexity index is 414. The van der Waals surface area contributed by atoms with Crippen LogP contribution in [0.25, 0.3) is 0 Å². The van der Waals surface area contributed by atoms with E-state index in [2.05, 4.69) is 45.7 Å². The van der Waals surface area contributed by atoms with E-state index in [1.807, 2.05) is 12.1 Å². The molecule has 0 atom stereocenters. The first-order chi connectivity index (χ1) is 8.01. The Labute approximate surface area is 119 Å². The second-order valence-corrected chi connectivity index (χ2v) is 5.64. The van der Waals surface area contributed by atoms with Crippen molar-refractivity contribution in [3.8, 4) is 0 Å². The number of carbonyl (C=O) groups is 1. The summed E-state index contributed by atoms with van der Waals surface area (Å²) in [7, 11) is 1.40. The molecule has 0 saturated heterocycles. The topological polar surface area (TPSA) is 26.3 Å². The minimum absolute atomic E-state index is 0.295. The van der Waals surface area contributed by atoms with Crippen molar-refractivity contribution in [1.82, 2.24) is 0 Å². The highest BCUT2D eigenvalue weighted by Gasteiger charge is 2.16. The molecule has 1 aromatic rings. The molecule has 0 amide bonds. The molecule has 0 saturated carbocycles. The van der Waals surface area contributed by atoms with Gasteiger partial charge in [0.1, 0.15) is 0 Å². The first kappa shape index (κ1) is 14.7. The van der Waals surface area contributed by atoms with E-state index in [0.717, 1.165) is 16.5 Å². The predicted molar refractivity (Wildman–Crippen MR) is 76.7 cm³/mol. The van der Waals surface area contributed by atoms with Crippen molar-refractivity contribution in [2.75, 3.05) is 7.11 Å². The third kappa shape index (κ3) is 3.55. The van der Waals surface area contributed by atoms with Crippen molar-refractivity contribution in [2.24, 2.45) is 5.92 Å². The molecule has 0 bridgehead atoms. The van der Waals surface area contributed by atoms with E-state index < -0.39 is 0 Å². The van der Waals surface area contributed by atoms with E-state index in [-0.39, 0.29) is 5.97 Å². The lowest BCUT2D eigenvalue weighted by Gasteiger charge is -2.13. The summed E-state index contributed by atoms with van der Waals surface area (Å²) in [5.74, 6) is 0.287. The van der Waals surface area contributed by atoms with Crippen molar-refractivity contribution in [3.63, 3.8) is 0 Å².